The first-order valence-electron chi connectivity index (χ1n) is 6.64. The van der Waals surface area contributed by atoms with Gasteiger partial charge < -0.3 is 15.7 Å². The Morgan fingerprint density at radius 2 is 1.95 bits per heavy atom. The van der Waals surface area contributed by atoms with E-state index in [-0.39, 0.29) is 17.0 Å². The van der Waals surface area contributed by atoms with Crippen molar-refractivity contribution in [2.75, 3.05) is 11.9 Å². The van der Waals surface area contributed by atoms with Crippen molar-refractivity contribution in [1.82, 2.24) is 5.32 Å². The summed E-state index contributed by atoms with van der Waals surface area (Å²) in [5.74, 6) is -1.06. The number of amides is 2. The molecule has 0 bridgehead atoms. The van der Waals surface area contributed by atoms with Crippen LogP contribution >= 0.6 is 0 Å². The number of carboxylic acid groups (broad SMARTS) is 1. The zero-order valence-corrected chi connectivity index (χ0v) is 12.4. The highest BCUT2D eigenvalue weighted by Gasteiger charge is 2.18. The highest BCUT2D eigenvalue weighted by Crippen LogP contribution is 2.21. The van der Waals surface area contributed by atoms with E-state index in [1.165, 1.54) is 6.07 Å². The summed E-state index contributed by atoms with van der Waals surface area (Å²) in [6.07, 6.45) is 0.942. The number of urea groups is 1. The van der Waals surface area contributed by atoms with Crippen LogP contribution in [0.15, 0.2) is 18.2 Å². The SMILES string of the molecule is CCC(C)(C)CNC(=O)Nc1c(C)cccc1C(=O)O. The molecule has 110 valence electrons. The number of carbonyl (C=O) groups excluding carboxylic acids is 1. The van der Waals surface area contributed by atoms with Crippen LogP contribution in [0.2, 0.25) is 0 Å². The van der Waals surface area contributed by atoms with Crippen molar-refractivity contribution in [1.29, 1.82) is 0 Å². The predicted molar refractivity (Wildman–Crippen MR) is 79.2 cm³/mol. The van der Waals surface area contributed by atoms with Gasteiger partial charge in [0.1, 0.15) is 0 Å². The molecule has 0 unspecified atom stereocenters. The molecule has 0 saturated carbocycles. The van der Waals surface area contributed by atoms with E-state index < -0.39 is 5.97 Å². The van der Waals surface area contributed by atoms with Crippen LogP contribution in [0.3, 0.4) is 0 Å². The van der Waals surface area contributed by atoms with E-state index in [0.717, 1.165) is 12.0 Å². The van der Waals surface area contributed by atoms with Gasteiger partial charge in [-0.05, 0) is 30.4 Å². The molecule has 0 aliphatic heterocycles. The van der Waals surface area contributed by atoms with E-state index in [1.807, 2.05) is 0 Å². The van der Waals surface area contributed by atoms with Crippen molar-refractivity contribution >= 4 is 17.7 Å². The number of hydrogen-bond acceptors (Lipinski definition) is 2. The topological polar surface area (TPSA) is 78.4 Å². The minimum absolute atomic E-state index is 0.0126. The molecular formula is C15H22N2O3. The Kier molecular flexibility index (Phi) is 5.13. The van der Waals surface area contributed by atoms with Gasteiger partial charge in [-0.3, -0.25) is 0 Å². The van der Waals surface area contributed by atoms with Gasteiger partial charge in [-0.25, -0.2) is 9.59 Å². The van der Waals surface area contributed by atoms with Crippen molar-refractivity contribution < 1.29 is 14.7 Å². The molecule has 5 nitrogen and oxygen atoms in total. The number of aryl methyl sites for hydroxylation is 1. The molecule has 0 spiro atoms. The number of aromatic carboxylic acids is 1. The Balaban J connectivity index is 2.79. The zero-order valence-electron chi connectivity index (χ0n) is 12.4. The first-order valence-corrected chi connectivity index (χ1v) is 6.64. The molecule has 0 fully saturated rings. The Hall–Kier alpha value is -2.04. The Labute approximate surface area is 119 Å². The summed E-state index contributed by atoms with van der Waals surface area (Å²) in [4.78, 5) is 23.0. The first-order chi connectivity index (χ1) is 9.26. The van der Waals surface area contributed by atoms with Crippen LogP contribution in [0.25, 0.3) is 0 Å². The summed E-state index contributed by atoms with van der Waals surface area (Å²) in [5, 5.41) is 14.5. The largest absolute Gasteiger partial charge is 0.478 e. The Morgan fingerprint density at radius 3 is 2.50 bits per heavy atom. The fraction of sp³-hybridized carbons (Fsp3) is 0.467. The molecular weight excluding hydrogens is 256 g/mol. The second-order valence-electron chi connectivity index (χ2n) is 5.63. The van der Waals surface area contributed by atoms with Crippen molar-refractivity contribution in [2.45, 2.75) is 34.1 Å². The van der Waals surface area contributed by atoms with Crippen LogP contribution < -0.4 is 10.6 Å². The molecule has 1 aromatic carbocycles. The summed E-state index contributed by atoms with van der Waals surface area (Å²) in [5.41, 5.74) is 1.16. The van der Waals surface area contributed by atoms with Gasteiger partial charge in [0.2, 0.25) is 0 Å². The van der Waals surface area contributed by atoms with Crippen LogP contribution in [-0.4, -0.2) is 23.7 Å². The molecule has 1 rings (SSSR count). The van der Waals surface area contributed by atoms with Crippen LogP contribution in [0.4, 0.5) is 10.5 Å². The molecule has 0 aromatic heterocycles. The van der Waals surface area contributed by atoms with E-state index in [4.69, 9.17) is 5.11 Å². The maximum absolute atomic E-state index is 11.9. The van der Waals surface area contributed by atoms with Crippen molar-refractivity contribution in [2.24, 2.45) is 5.41 Å². The Morgan fingerprint density at radius 1 is 1.30 bits per heavy atom. The normalized spacial score (nSPS) is 11.0. The van der Waals surface area contributed by atoms with Gasteiger partial charge in [0.15, 0.2) is 0 Å². The summed E-state index contributed by atoms with van der Waals surface area (Å²) < 4.78 is 0. The van der Waals surface area contributed by atoms with Gasteiger partial charge in [0.25, 0.3) is 0 Å². The van der Waals surface area contributed by atoms with Crippen LogP contribution in [0, 0.1) is 12.3 Å². The van der Waals surface area contributed by atoms with Crippen molar-refractivity contribution in [3.05, 3.63) is 29.3 Å². The second-order valence-corrected chi connectivity index (χ2v) is 5.63. The highest BCUT2D eigenvalue weighted by molar-refractivity contribution is 6.00. The average molecular weight is 278 g/mol. The van der Waals surface area contributed by atoms with Crippen molar-refractivity contribution in [3.63, 3.8) is 0 Å². The van der Waals surface area contributed by atoms with E-state index in [9.17, 15) is 9.59 Å². The number of hydrogen-bond donors (Lipinski definition) is 3. The van der Waals surface area contributed by atoms with Gasteiger partial charge in [-0.2, -0.15) is 0 Å². The summed E-state index contributed by atoms with van der Waals surface area (Å²) in [6, 6.07) is 4.50. The van der Waals surface area contributed by atoms with Gasteiger partial charge in [-0.15, -0.1) is 0 Å². The van der Waals surface area contributed by atoms with Crippen LogP contribution in [0.1, 0.15) is 43.1 Å². The third-order valence-corrected chi connectivity index (χ3v) is 3.43. The molecule has 0 heterocycles. The maximum atomic E-state index is 11.9. The lowest BCUT2D eigenvalue weighted by molar-refractivity contribution is 0.0698. The molecule has 0 aliphatic rings. The minimum atomic E-state index is -1.06. The number of carbonyl (C=O) groups is 2. The third-order valence-electron chi connectivity index (χ3n) is 3.43. The lowest BCUT2D eigenvalue weighted by Gasteiger charge is -2.23. The maximum Gasteiger partial charge on any atom is 0.337 e. The Bertz CT molecular complexity index is 510. The standard InChI is InChI=1S/C15H22N2O3/c1-5-15(3,4)9-16-14(20)17-12-10(2)7-6-8-11(12)13(18)19/h6-8H,5,9H2,1-4H3,(H,18,19)(H2,16,17,20). The van der Waals surface area contributed by atoms with Crippen LogP contribution in [0.5, 0.6) is 0 Å². The molecule has 3 N–H and O–H groups in total. The fourth-order valence-corrected chi connectivity index (χ4v) is 1.61. The lowest BCUT2D eigenvalue weighted by atomic mass is 9.90. The van der Waals surface area contributed by atoms with Crippen molar-refractivity contribution in [3.8, 4) is 0 Å². The monoisotopic (exact) mass is 278 g/mol. The number of para-hydroxylation sites is 1. The number of rotatable bonds is 5. The number of anilines is 1. The smallest absolute Gasteiger partial charge is 0.337 e. The molecule has 2 amide bonds. The van der Waals surface area contributed by atoms with Crippen LogP contribution in [-0.2, 0) is 0 Å². The molecule has 0 aliphatic carbocycles. The third kappa shape index (κ3) is 4.26. The summed E-state index contributed by atoms with van der Waals surface area (Å²) in [7, 11) is 0. The molecule has 5 heteroatoms. The van der Waals surface area contributed by atoms with Gasteiger partial charge in [0, 0.05) is 6.54 Å². The average Bonchev–Trinajstić information content (AvgIpc) is 2.38. The molecule has 0 radical (unpaired) electrons. The number of carboxylic acids is 1. The van der Waals surface area contributed by atoms with Gasteiger partial charge in [-0.1, -0.05) is 32.9 Å². The molecule has 20 heavy (non-hydrogen) atoms. The van der Waals surface area contributed by atoms with Gasteiger partial charge >= 0.3 is 12.0 Å². The quantitative estimate of drug-likeness (QED) is 0.773. The van der Waals surface area contributed by atoms with E-state index >= 15 is 0 Å². The summed E-state index contributed by atoms with van der Waals surface area (Å²) in [6.45, 7) is 8.47. The number of nitrogens with one attached hydrogen (secondary N) is 2. The lowest BCUT2D eigenvalue weighted by Crippen LogP contribution is -2.36. The second kappa shape index (κ2) is 6.41. The highest BCUT2D eigenvalue weighted by atomic mass is 16.4. The van der Waals surface area contributed by atoms with E-state index in [1.54, 1.807) is 19.1 Å². The van der Waals surface area contributed by atoms with E-state index in [0.29, 0.717) is 12.2 Å². The summed E-state index contributed by atoms with van der Waals surface area (Å²) >= 11 is 0. The molecule has 0 atom stereocenters. The van der Waals surface area contributed by atoms with Gasteiger partial charge in [0.05, 0.1) is 11.3 Å². The predicted octanol–water partition coefficient (Wildman–Crippen LogP) is 3.25. The first kappa shape index (κ1) is 16.0. The molecule has 0 saturated heterocycles. The zero-order chi connectivity index (χ0) is 15.3. The van der Waals surface area contributed by atoms with E-state index in [2.05, 4.69) is 31.4 Å². The fourth-order valence-electron chi connectivity index (χ4n) is 1.61. The minimum Gasteiger partial charge on any atom is -0.478 e. The number of benzene rings is 1. The molecule has 1 aromatic rings.